The molecule has 0 rings (SSSR count). The Labute approximate surface area is 81.6 Å². The summed E-state index contributed by atoms with van der Waals surface area (Å²) in [5, 5.41) is 2.82. The van der Waals surface area contributed by atoms with Gasteiger partial charge in [0.2, 0.25) is 5.91 Å². The number of carbonyl (C=O) groups is 1. The summed E-state index contributed by atoms with van der Waals surface area (Å²) in [7, 11) is 0. The van der Waals surface area contributed by atoms with E-state index in [2.05, 4.69) is 34.8 Å². The zero-order valence-corrected chi connectivity index (χ0v) is 9.14. The Morgan fingerprint density at radius 3 is 2.73 bits per heavy atom. The van der Waals surface area contributed by atoms with E-state index in [9.17, 15) is 4.79 Å². The van der Waals surface area contributed by atoms with E-state index in [0.717, 1.165) is 25.0 Å². The zero-order chi connectivity index (χ0) is 8.69. The van der Waals surface area contributed by atoms with Crippen LogP contribution in [0.5, 0.6) is 0 Å². The minimum Gasteiger partial charge on any atom is -0.352 e. The van der Waals surface area contributed by atoms with Gasteiger partial charge < -0.3 is 5.32 Å². The molecule has 0 aromatic carbocycles. The fraction of sp³-hybridized carbons (Fsp3) is 0.625. The highest BCUT2D eigenvalue weighted by atomic mass is 127. The van der Waals surface area contributed by atoms with Gasteiger partial charge in [0.05, 0.1) is 0 Å². The van der Waals surface area contributed by atoms with Gasteiger partial charge in [-0.3, -0.25) is 4.79 Å². The first-order valence-corrected chi connectivity index (χ1v) is 5.02. The first kappa shape index (κ1) is 10.9. The van der Waals surface area contributed by atoms with Crippen molar-refractivity contribution in [2.24, 2.45) is 0 Å². The van der Waals surface area contributed by atoms with Crippen molar-refractivity contribution in [3.8, 4) is 0 Å². The Morgan fingerprint density at radius 2 is 2.27 bits per heavy atom. The molecule has 0 radical (unpaired) electrons. The van der Waals surface area contributed by atoms with E-state index in [4.69, 9.17) is 0 Å². The summed E-state index contributed by atoms with van der Waals surface area (Å²) in [5.74, 6) is 0.0489. The lowest BCUT2D eigenvalue weighted by Crippen LogP contribution is -2.24. The van der Waals surface area contributed by atoms with Gasteiger partial charge in [0, 0.05) is 12.1 Å². The maximum atomic E-state index is 11.1. The Hall–Kier alpha value is -0.0600. The number of rotatable bonds is 4. The van der Waals surface area contributed by atoms with Gasteiger partial charge in [0.25, 0.3) is 0 Å². The van der Waals surface area contributed by atoms with Gasteiger partial charge in [-0.15, -0.1) is 0 Å². The lowest BCUT2D eigenvalue weighted by atomic mass is 10.3. The Bertz CT molecular complexity index is 154. The highest BCUT2D eigenvalue weighted by Gasteiger charge is 1.99. The summed E-state index contributed by atoms with van der Waals surface area (Å²) in [6.45, 7) is 4.71. The third kappa shape index (κ3) is 5.24. The van der Waals surface area contributed by atoms with Crippen LogP contribution in [0.1, 0.15) is 26.7 Å². The van der Waals surface area contributed by atoms with E-state index < -0.39 is 0 Å². The van der Waals surface area contributed by atoms with Gasteiger partial charge in [-0.1, -0.05) is 35.9 Å². The van der Waals surface area contributed by atoms with Gasteiger partial charge in [0.15, 0.2) is 0 Å². The molecule has 0 aliphatic rings. The van der Waals surface area contributed by atoms with Crippen molar-refractivity contribution in [2.75, 3.05) is 6.54 Å². The van der Waals surface area contributed by atoms with E-state index >= 15 is 0 Å². The molecule has 1 amide bonds. The molecule has 11 heavy (non-hydrogen) atoms. The predicted molar refractivity (Wildman–Crippen MR) is 55.7 cm³/mol. The first-order chi connectivity index (χ1) is 5.22. The number of halogens is 1. The molecule has 0 fully saturated rings. The molecule has 0 saturated heterocycles. The molecule has 0 atom stereocenters. The normalized spacial score (nSPS) is 11.4. The molecule has 0 aliphatic carbocycles. The molecular formula is C8H14INO. The summed E-state index contributed by atoms with van der Waals surface area (Å²) >= 11 is 2.07. The minimum atomic E-state index is 0.0489. The monoisotopic (exact) mass is 267 g/mol. The standard InChI is InChI=1S/C8H14INO/c1-3-4-5-10-8(11)7(2)6-9/h6H,3-5H2,1-2H3,(H,10,11)/b7-6-. The van der Waals surface area contributed by atoms with Crippen molar-refractivity contribution < 1.29 is 4.79 Å². The molecule has 0 aromatic rings. The Balaban J connectivity index is 3.53. The SMILES string of the molecule is CCCCNC(=O)/C(C)=C\I. The van der Waals surface area contributed by atoms with Crippen molar-refractivity contribution in [1.29, 1.82) is 0 Å². The van der Waals surface area contributed by atoms with Gasteiger partial charge in [-0.2, -0.15) is 0 Å². The number of carbonyl (C=O) groups excluding carboxylic acids is 1. The summed E-state index contributed by atoms with van der Waals surface area (Å²) in [5.41, 5.74) is 0.779. The number of nitrogens with one attached hydrogen (secondary N) is 1. The minimum absolute atomic E-state index is 0.0489. The van der Waals surface area contributed by atoms with Crippen LogP contribution in [0.15, 0.2) is 9.66 Å². The largest absolute Gasteiger partial charge is 0.352 e. The Morgan fingerprint density at radius 1 is 1.64 bits per heavy atom. The molecule has 2 nitrogen and oxygen atoms in total. The molecule has 0 unspecified atom stereocenters. The fourth-order valence-corrected chi connectivity index (χ4v) is 0.851. The third-order valence-electron chi connectivity index (χ3n) is 1.34. The number of hydrogen-bond acceptors (Lipinski definition) is 1. The van der Waals surface area contributed by atoms with Gasteiger partial charge in [0.1, 0.15) is 0 Å². The third-order valence-corrected chi connectivity index (χ3v) is 2.27. The van der Waals surface area contributed by atoms with Crippen LogP contribution in [0, 0.1) is 0 Å². The van der Waals surface area contributed by atoms with Gasteiger partial charge in [-0.25, -0.2) is 0 Å². The van der Waals surface area contributed by atoms with Crippen LogP contribution < -0.4 is 5.32 Å². The second-order valence-electron chi connectivity index (χ2n) is 2.40. The number of unbranched alkanes of at least 4 members (excludes halogenated alkanes) is 1. The van der Waals surface area contributed by atoms with Crippen molar-refractivity contribution in [2.45, 2.75) is 26.7 Å². The molecule has 1 N–H and O–H groups in total. The first-order valence-electron chi connectivity index (χ1n) is 3.77. The van der Waals surface area contributed by atoms with Crippen LogP contribution in [0.4, 0.5) is 0 Å². The predicted octanol–water partition coefficient (Wildman–Crippen LogP) is 2.24. The van der Waals surface area contributed by atoms with E-state index in [0.29, 0.717) is 0 Å². The average molecular weight is 267 g/mol. The fourth-order valence-electron chi connectivity index (χ4n) is 0.568. The van der Waals surface area contributed by atoms with Gasteiger partial charge in [-0.05, 0) is 17.4 Å². The second kappa shape index (κ2) is 6.64. The van der Waals surface area contributed by atoms with E-state index in [1.807, 2.05) is 6.92 Å². The lowest BCUT2D eigenvalue weighted by molar-refractivity contribution is -0.117. The molecule has 0 aliphatic heterocycles. The molecular weight excluding hydrogens is 253 g/mol. The highest BCUT2D eigenvalue weighted by Crippen LogP contribution is 1.97. The van der Waals surface area contributed by atoms with Crippen LogP contribution in [-0.2, 0) is 4.79 Å². The maximum absolute atomic E-state index is 11.1. The van der Waals surface area contributed by atoms with E-state index in [1.54, 1.807) is 4.08 Å². The average Bonchev–Trinajstić information content (AvgIpc) is 2.03. The highest BCUT2D eigenvalue weighted by molar-refractivity contribution is 14.1. The van der Waals surface area contributed by atoms with Crippen LogP contribution in [-0.4, -0.2) is 12.5 Å². The van der Waals surface area contributed by atoms with Gasteiger partial charge >= 0.3 is 0 Å². The van der Waals surface area contributed by atoms with Crippen molar-refractivity contribution in [3.63, 3.8) is 0 Å². The second-order valence-corrected chi connectivity index (χ2v) is 3.02. The summed E-state index contributed by atoms with van der Waals surface area (Å²) in [6, 6.07) is 0. The van der Waals surface area contributed by atoms with Crippen LogP contribution >= 0.6 is 22.6 Å². The summed E-state index contributed by atoms with van der Waals surface area (Å²) in [6.07, 6.45) is 2.17. The molecule has 0 heterocycles. The Kier molecular flexibility index (Phi) is 6.60. The molecule has 64 valence electrons. The summed E-state index contributed by atoms with van der Waals surface area (Å²) < 4.78 is 1.79. The van der Waals surface area contributed by atoms with Crippen molar-refractivity contribution >= 4 is 28.5 Å². The van der Waals surface area contributed by atoms with Crippen LogP contribution in [0.25, 0.3) is 0 Å². The zero-order valence-electron chi connectivity index (χ0n) is 6.98. The molecule has 0 bridgehead atoms. The quantitative estimate of drug-likeness (QED) is 0.472. The van der Waals surface area contributed by atoms with E-state index in [1.165, 1.54) is 0 Å². The number of hydrogen-bond donors (Lipinski definition) is 1. The maximum Gasteiger partial charge on any atom is 0.247 e. The van der Waals surface area contributed by atoms with Crippen molar-refractivity contribution in [1.82, 2.24) is 5.32 Å². The number of amides is 1. The van der Waals surface area contributed by atoms with Crippen LogP contribution in [0.3, 0.4) is 0 Å². The molecule has 0 saturated carbocycles. The topological polar surface area (TPSA) is 29.1 Å². The molecule has 0 spiro atoms. The summed E-state index contributed by atoms with van der Waals surface area (Å²) in [4.78, 5) is 11.1. The molecule has 3 heteroatoms. The smallest absolute Gasteiger partial charge is 0.247 e. The lowest BCUT2D eigenvalue weighted by Gasteiger charge is -2.02. The van der Waals surface area contributed by atoms with Crippen LogP contribution in [0.2, 0.25) is 0 Å². The van der Waals surface area contributed by atoms with Crippen molar-refractivity contribution in [3.05, 3.63) is 9.66 Å². The molecule has 0 aromatic heterocycles. The van der Waals surface area contributed by atoms with E-state index in [-0.39, 0.29) is 5.91 Å².